The minimum absolute atomic E-state index is 0.397. The summed E-state index contributed by atoms with van der Waals surface area (Å²) in [5.74, 6) is 0. The Morgan fingerprint density at radius 1 is 1.43 bits per heavy atom. The van der Waals surface area contributed by atoms with Crippen LogP contribution in [0.2, 0.25) is 5.02 Å². The fraction of sp³-hybridized carbons (Fsp3) is 0.400. The molecule has 6 heteroatoms. The number of benzene rings is 1. The predicted octanol–water partition coefficient (Wildman–Crippen LogP) is 5.78. The minimum atomic E-state index is -0.539. The average Bonchev–Trinajstić information content (AvgIpc) is 2.76. The van der Waals surface area contributed by atoms with Crippen molar-refractivity contribution in [1.82, 2.24) is 4.57 Å². The van der Waals surface area contributed by atoms with Crippen molar-refractivity contribution in [1.29, 1.82) is 0 Å². The molecule has 0 fully saturated rings. The lowest BCUT2D eigenvalue weighted by atomic mass is 10.1. The molecule has 1 heterocycles. The predicted molar refractivity (Wildman–Crippen MR) is 93.8 cm³/mol. The van der Waals surface area contributed by atoms with E-state index in [1.807, 2.05) is 32.9 Å². The highest BCUT2D eigenvalue weighted by atomic mass is 79.9. The third-order valence-corrected chi connectivity index (χ3v) is 4.58. The van der Waals surface area contributed by atoms with Gasteiger partial charge in [-0.15, -0.1) is 0 Å². The number of fused-ring (bicyclic) bond motifs is 1. The summed E-state index contributed by atoms with van der Waals surface area (Å²) >= 11 is 13.3. The Bertz CT molecular complexity index is 689. The molecular weight excluding hydrogens is 421 g/mol. The average molecular weight is 438 g/mol. The largest absolute Gasteiger partial charge is 0.443 e. The van der Waals surface area contributed by atoms with E-state index < -0.39 is 11.7 Å². The molecule has 0 aliphatic rings. The molecule has 0 radical (unpaired) electrons. The molecule has 0 spiro atoms. The Labute approximate surface area is 145 Å². The maximum Gasteiger partial charge on any atom is 0.419 e. The fourth-order valence-corrected chi connectivity index (χ4v) is 3.24. The maximum absolute atomic E-state index is 12.4. The zero-order chi connectivity index (χ0) is 15.8. The molecule has 0 N–H and O–H groups in total. The number of nitrogens with zero attached hydrogens (tertiary/aromatic N) is 1. The Morgan fingerprint density at radius 2 is 2.10 bits per heavy atom. The molecule has 2 rings (SSSR count). The molecule has 21 heavy (non-hydrogen) atoms. The summed E-state index contributed by atoms with van der Waals surface area (Å²) < 4.78 is 7.80. The molecule has 2 aromatic rings. The van der Waals surface area contributed by atoms with E-state index in [1.54, 1.807) is 6.20 Å². The van der Waals surface area contributed by atoms with Gasteiger partial charge in [-0.3, -0.25) is 4.57 Å². The Morgan fingerprint density at radius 3 is 2.67 bits per heavy atom. The lowest BCUT2D eigenvalue weighted by Crippen LogP contribution is -2.27. The van der Waals surface area contributed by atoms with Gasteiger partial charge in [-0.05, 0) is 60.8 Å². The molecule has 1 aromatic carbocycles. The molecular formula is C15H16Br2ClNO2. The number of ether oxygens (including phenoxy) is 1. The van der Waals surface area contributed by atoms with E-state index in [9.17, 15) is 4.79 Å². The zero-order valence-corrected chi connectivity index (χ0v) is 16.0. The fourth-order valence-electron chi connectivity index (χ4n) is 2.12. The van der Waals surface area contributed by atoms with Gasteiger partial charge in [-0.1, -0.05) is 27.5 Å². The van der Waals surface area contributed by atoms with Crippen molar-refractivity contribution in [2.45, 2.75) is 32.8 Å². The van der Waals surface area contributed by atoms with Crippen LogP contribution in [0.15, 0.2) is 22.8 Å². The lowest BCUT2D eigenvalue weighted by Gasteiger charge is -2.20. The molecule has 0 aliphatic carbocycles. The molecule has 0 atom stereocenters. The van der Waals surface area contributed by atoms with Gasteiger partial charge in [-0.25, -0.2) is 4.79 Å². The normalized spacial score (nSPS) is 11.9. The smallest absolute Gasteiger partial charge is 0.419 e. The van der Waals surface area contributed by atoms with Crippen molar-refractivity contribution >= 4 is 60.5 Å². The second-order valence-corrected chi connectivity index (χ2v) is 7.72. The number of halogens is 3. The molecule has 114 valence electrons. The lowest BCUT2D eigenvalue weighted by molar-refractivity contribution is 0.0544. The Balaban J connectivity index is 2.61. The van der Waals surface area contributed by atoms with Crippen molar-refractivity contribution in [3.05, 3.63) is 33.4 Å². The monoisotopic (exact) mass is 435 g/mol. The van der Waals surface area contributed by atoms with Crippen LogP contribution in [0.1, 0.15) is 26.3 Å². The third kappa shape index (κ3) is 3.63. The Kier molecular flexibility index (Phi) is 5.06. The van der Waals surface area contributed by atoms with Crippen LogP contribution in [0.4, 0.5) is 4.79 Å². The first-order valence-electron chi connectivity index (χ1n) is 6.52. The summed E-state index contributed by atoms with van der Waals surface area (Å²) in [5, 5.41) is 2.34. The van der Waals surface area contributed by atoms with Gasteiger partial charge >= 0.3 is 6.09 Å². The van der Waals surface area contributed by atoms with Crippen LogP contribution in [0.5, 0.6) is 0 Å². The number of rotatable bonds is 2. The van der Waals surface area contributed by atoms with Crippen LogP contribution >= 0.6 is 43.5 Å². The molecule has 0 saturated heterocycles. The highest BCUT2D eigenvalue weighted by molar-refractivity contribution is 9.10. The first kappa shape index (κ1) is 16.8. The SMILES string of the molecule is CC(C)(C)OC(=O)n1ccc2cc(Br)c(Cl)c(CCBr)c21. The number of hydrogen-bond acceptors (Lipinski definition) is 2. The number of carbonyl (C=O) groups excluding carboxylic acids is 1. The second-order valence-electron chi connectivity index (χ2n) is 5.69. The standard InChI is InChI=1S/C15H16Br2ClNO2/c1-15(2,3)21-14(20)19-7-5-9-8-11(17)12(18)10(4-6-16)13(9)19/h5,7-8H,4,6H2,1-3H3. The third-order valence-electron chi connectivity index (χ3n) is 2.89. The summed E-state index contributed by atoms with van der Waals surface area (Å²) in [4.78, 5) is 12.4. The highest BCUT2D eigenvalue weighted by Gasteiger charge is 2.21. The van der Waals surface area contributed by atoms with E-state index in [0.717, 1.165) is 32.7 Å². The van der Waals surface area contributed by atoms with Crippen molar-refractivity contribution in [3.63, 3.8) is 0 Å². The van der Waals surface area contributed by atoms with E-state index in [2.05, 4.69) is 31.9 Å². The highest BCUT2D eigenvalue weighted by Crippen LogP contribution is 2.35. The van der Waals surface area contributed by atoms with Gasteiger partial charge in [0.15, 0.2) is 0 Å². The summed E-state index contributed by atoms with van der Waals surface area (Å²) in [7, 11) is 0. The minimum Gasteiger partial charge on any atom is -0.443 e. The van der Waals surface area contributed by atoms with Gasteiger partial charge in [0, 0.05) is 21.4 Å². The molecule has 1 aromatic heterocycles. The zero-order valence-electron chi connectivity index (χ0n) is 12.0. The van der Waals surface area contributed by atoms with Crippen LogP contribution in [0.3, 0.4) is 0 Å². The van der Waals surface area contributed by atoms with Crippen LogP contribution < -0.4 is 0 Å². The van der Waals surface area contributed by atoms with Crippen LogP contribution in [0, 0.1) is 0 Å². The van der Waals surface area contributed by atoms with Gasteiger partial charge in [0.1, 0.15) is 5.60 Å². The molecule has 0 unspecified atom stereocenters. The van der Waals surface area contributed by atoms with E-state index in [1.165, 1.54) is 4.57 Å². The van der Waals surface area contributed by atoms with Crippen LogP contribution in [-0.2, 0) is 11.2 Å². The van der Waals surface area contributed by atoms with Crippen molar-refractivity contribution in [2.75, 3.05) is 5.33 Å². The molecule has 0 aliphatic heterocycles. The van der Waals surface area contributed by atoms with Crippen molar-refractivity contribution in [2.24, 2.45) is 0 Å². The summed E-state index contributed by atoms with van der Waals surface area (Å²) in [6.45, 7) is 5.54. The van der Waals surface area contributed by atoms with Crippen molar-refractivity contribution in [3.8, 4) is 0 Å². The quantitative estimate of drug-likeness (QED) is 0.558. The van der Waals surface area contributed by atoms with E-state index in [0.29, 0.717) is 5.02 Å². The van der Waals surface area contributed by atoms with Crippen LogP contribution in [0.25, 0.3) is 10.9 Å². The topological polar surface area (TPSA) is 31.2 Å². The maximum atomic E-state index is 12.4. The summed E-state index contributed by atoms with van der Waals surface area (Å²) in [5.41, 5.74) is 1.19. The second kappa shape index (κ2) is 6.31. The van der Waals surface area contributed by atoms with Gasteiger partial charge in [0.05, 0.1) is 10.5 Å². The first-order valence-corrected chi connectivity index (χ1v) is 8.81. The van der Waals surface area contributed by atoms with Gasteiger partial charge < -0.3 is 4.74 Å². The number of hydrogen-bond donors (Lipinski definition) is 0. The number of alkyl halides is 1. The molecule has 0 amide bonds. The van der Waals surface area contributed by atoms with Gasteiger partial charge in [0.25, 0.3) is 0 Å². The summed E-state index contributed by atoms with van der Waals surface area (Å²) in [6.07, 6.45) is 2.05. The van der Waals surface area contributed by atoms with E-state index in [4.69, 9.17) is 16.3 Å². The molecule has 3 nitrogen and oxygen atoms in total. The Hall–Kier alpha value is -0.520. The first-order chi connectivity index (χ1) is 9.74. The number of aryl methyl sites for hydroxylation is 1. The molecule has 0 saturated carbocycles. The van der Waals surface area contributed by atoms with Gasteiger partial charge in [-0.2, -0.15) is 0 Å². The van der Waals surface area contributed by atoms with Gasteiger partial charge in [0.2, 0.25) is 0 Å². The van der Waals surface area contributed by atoms with Crippen LogP contribution in [-0.4, -0.2) is 21.6 Å². The summed E-state index contributed by atoms with van der Waals surface area (Å²) in [6, 6.07) is 3.80. The number of carbonyl (C=O) groups is 1. The van der Waals surface area contributed by atoms with Crippen molar-refractivity contribution < 1.29 is 9.53 Å². The van der Waals surface area contributed by atoms with E-state index >= 15 is 0 Å². The molecule has 0 bridgehead atoms. The number of aromatic nitrogens is 1. The van der Waals surface area contributed by atoms with E-state index in [-0.39, 0.29) is 0 Å².